The standard InChI is InChI=1S/C57H52BN3/c1-54(2,3)33-16-20-46-40(24-33)41-25-35(56(7,8)9)27-43-49-37-17-14-31-22-34(55(4,5)6)23-32-15-18-38(48(37)47(31)32)53-50(49)58(61(46)51(41)43)44-28-36(57(10,11)12)26-42-39-21-30(29-59)13-19-45(39)60(53)52(42)44/h13-28H,1-12H3. The van der Waals surface area contributed by atoms with Crippen LogP contribution in [0.5, 0.6) is 0 Å². The van der Waals surface area contributed by atoms with Gasteiger partial charge in [-0.3, -0.25) is 0 Å². The minimum absolute atomic E-state index is 0.00294. The van der Waals surface area contributed by atoms with Crippen LogP contribution >= 0.6 is 0 Å². The van der Waals surface area contributed by atoms with E-state index in [9.17, 15) is 5.26 Å². The van der Waals surface area contributed by atoms with E-state index in [1.165, 1.54) is 115 Å². The van der Waals surface area contributed by atoms with Crippen molar-refractivity contribution < 1.29 is 0 Å². The van der Waals surface area contributed by atoms with Crippen LogP contribution in [0, 0.1) is 11.3 Å². The van der Waals surface area contributed by atoms with Crippen LogP contribution in [0.3, 0.4) is 0 Å². The Morgan fingerprint density at radius 1 is 0.475 bits per heavy atom. The number of rotatable bonds is 0. The topological polar surface area (TPSA) is 33.6 Å². The molecule has 0 atom stereocenters. The van der Waals surface area contributed by atoms with E-state index in [0.717, 1.165) is 10.9 Å². The van der Waals surface area contributed by atoms with Gasteiger partial charge < -0.3 is 9.05 Å². The Bertz CT molecular complexity index is 3670. The quantitative estimate of drug-likeness (QED) is 0.111. The van der Waals surface area contributed by atoms with Crippen molar-refractivity contribution in [3.05, 3.63) is 125 Å². The fourth-order valence-electron chi connectivity index (χ4n) is 11.3. The van der Waals surface area contributed by atoms with Crippen LogP contribution in [-0.4, -0.2) is 15.9 Å². The van der Waals surface area contributed by atoms with Crippen molar-refractivity contribution in [2.24, 2.45) is 0 Å². The van der Waals surface area contributed by atoms with Gasteiger partial charge in [0.05, 0.1) is 28.4 Å². The Balaban J connectivity index is 1.39. The number of nitriles is 1. The van der Waals surface area contributed by atoms with Crippen LogP contribution < -0.4 is 10.9 Å². The zero-order valence-corrected chi connectivity index (χ0v) is 37.7. The second-order valence-corrected chi connectivity index (χ2v) is 22.6. The first-order valence-corrected chi connectivity index (χ1v) is 22.2. The van der Waals surface area contributed by atoms with Gasteiger partial charge in [-0.05, 0) is 130 Å². The summed E-state index contributed by atoms with van der Waals surface area (Å²) in [5, 5.41) is 23.2. The van der Waals surface area contributed by atoms with Crippen molar-refractivity contribution in [1.82, 2.24) is 9.05 Å². The summed E-state index contributed by atoms with van der Waals surface area (Å²) in [6, 6.07) is 40.7. The Hall–Kier alpha value is -6.05. The lowest BCUT2D eigenvalue weighted by Gasteiger charge is -2.37. The largest absolute Gasteiger partial charge is 0.375 e. The molecule has 8 aromatic carbocycles. The molecule has 0 unspecified atom stereocenters. The fraction of sp³-hybridized carbons (Fsp3) is 0.281. The first-order chi connectivity index (χ1) is 28.7. The van der Waals surface area contributed by atoms with Crippen LogP contribution in [0.4, 0.5) is 0 Å². The molecule has 2 aromatic heterocycles. The van der Waals surface area contributed by atoms with Gasteiger partial charge >= 0.3 is 6.85 Å². The second kappa shape index (κ2) is 11.3. The van der Waals surface area contributed by atoms with E-state index in [1.54, 1.807) is 0 Å². The van der Waals surface area contributed by atoms with Crippen LogP contribution in [0.2, 0.25) is 0 Å². The lowest BCUT2D eigenvalue weighted by molar-refractivity contribution is 0.590. The van der Waals surface area contributed by atoms with Gasteiger partial charge in [-0.1, -0.05) is 132 Å². The molecule has 0 aliphatic carbocycles. The van der Waals surface area contributed by atoms with E-state index in [0.29, 0.717) is 5.56 Å². The van der Waals surface area contributed by atoms with Gasteiger partial charge in [0.25, 0.3) is 0 Å². The zero-order chi connectivity index (χ0) is 42.6. The Kier molecular flexibility index (Phi) is 6.78. The van der Waals surface area contributed by atoms with Crippen LogP contribution in [-0.2, 0) is 21.7 Å². The minimum Gasteiger partial charge on any atom is -0.375 e. The average Bonchev–Trinajstić information content (AvgIpc) is 3.70. The van der Waals surface area contributed by atoms with E-state index in [2.05, 4.69) is 189 Å². The predicted molar refractivity (Wildman–Crippen MR) is 263 cm³/mol. The van der Waals surface area contributed by atoms with E-state index < -0.39 is 0 Å². The number of aromatic nitrogens is 2. The molecular formula is C57H52BN3. The third-order valence-corrected chi connectivity index (χ3v) is 14.6. The van der Waals surface area contributed by atoms with Gasteiger partial charge in [0.2, 0.25) is 0 Å². The van der Waals surface area contributed by atoms with Crippen LogP contribution in [0.25, 0.3) is 92.7 Å². The maximum Gasteiger partial charge on any atom is 0.333 e. The third kappa shape index (κ3) is 4.70. The van der Waals surface area contributed by atoms with Crippen LogP contribution in [0.1, 0.15) is 111 Å². The molecule has 10 aromatic rings. The Morgan fingerprint density at radius 3 is 1.67 bits per heavy atom. The fourth-order valence-corrected chi connectivity index (χ4v) is 11.3. The SMILES string of the molecule is CC(C)(C)c1cc2ccc3c4c5c(c6ccc(c1)c2c36)-n1c2ccc(C#N)cc2c2cc(C(C)(C)C)cc(c21)B5n1c2ccc(C(C)(C)C)cc2c2cc(C(C)(C)C)cc-4c21. The summed E-state index contributed by atoms with van der Waals surface area (Å²) in [4.78, 5) is 0. The molecule has 0 spiro atoms. The molecule has 0 bridgehead atoms. The van der Waals surface area contributed by atoms with Crippen molar-refractivity contribution in [3.63, 3.8) is 0 Å². The van der Waals surface area contributed by atoms with E-state index in [1.807, 2.05) is 6.07 Å². The number of nitrogens with zero attached hydrogens (tertiary/aromatic N) is 3. The highest BCUT2D eigenvalue weighted by molar-refractivity contribution is 6.90. The van der Waals surface area contributed by atoms with E-state index in [4.69, 9.17) is 0 Å². The van der Waals surface area contributed by atoms with Gasteiger partial charge in [0, 0.05) is 48.9 Å². The van der Waals surface area contributed by atoms with Crippen LogP contribution in [0.15, 0.2) is 97.1 Å². The smallest absolute Gasteiger partial charge is 0.333 e. The van der Waals surface area contributed by atoms with Crippen molar-refractivity contribution in [2.45, 2.75) is 105 Å². The van der Waals surface area contributed by atoms with Crippen molar-refractivity contribution in [1.29, 1.82) is 5.26 Å². The molecule has 2 aliphatic heterocycles. The molecule has 0 saturated heterocycles. The summed E-state index contributed by atoms with van der Waals surface area (Å²) < 4.78 is 5.34. The number of hydrogen-bond donors (Lipinski definition) is 0. The average molecular weight is 790 g/mol. The number of fused-ring (bicyclic) bond motifs is 12. The summed E-state index contributed by atoms with van der Waals surface area (Å²) >= 11 is 0. The molecule has 0 saturated carbocycles. The molecule has 0 amide bonds. The van der Waals surface area contributed by atoms with Crippen molar-refractivity contribution in [3.8, 4) is 22.9 Å². The summed E-state index contributed by atoms with van der Waals surface area (Å²) in [5.74, 6) is 0. The summed E-state index contributed by atoms with van der Waals surface area (Å²) in [7, 11) is 0. The van der Waals surface area contributed by atoms with Crippen molar-refractivity contribution >= 4 is 93.7 Å². The van der Waals surface area contributed by atoms with Crippen molar-refractivity contribution in [2.75, 3.05) is 0 Å². The predicted octanol–water partition coefficient (Wildman–Crippen LogP) is 13.8. The van der Waals surface area contributed by atoms with Gasteiger partial charge in [0.15, 0.2) is 0 Å². The first kappa shape index (κ1) is 36.8. The lowest BCUT2D eigenvalue weighted by atomic mass is 9.44. The third-order valence-electron chi connectivity index (χ3n) is 14.6. The molecular weight excluding hydrogens is 737 g/mol. The molecule has 4 heterocycles. The highest BCUT2D eigenvalue weighted by Crippen LogP contribution is 2.51. The second-order valence-electron chi connectivity index (χ2n) is 22.6. The first-order valence-electron chi connectivity index (χ1n) is 22.2. The zero-order valence-electron chi connectivity index (χ0n) is 37.7. The lowest BCUT2D eigenvalue weighted by Crippen LogP contribution is -2.55. The molecule has 2 aliphatic rings. The summed E-state index contributed by atoms with van der Waals surface area (Å²) in [5.41, 5.74) is 17.6. The monoisotopic (exact) mass is 789 g/mol. The normalized spacial score (nSPS) is 14.2. The number of hydrogen-bond acceptors (Lipinski definition) is 1. The van der Waals surface area contributed by atoms with Gasteiger partial charge in [-0.25, -0.2) is 0 Å². The molecule has 61 heavy (non-hydrogen) atoms. The highest BCUT2D eigenvalue weighted by Gasteiger charge is 2.44. The Labute approximate surface area is 359 Å². The highest BCUT2D eigenvalue weighted by atomic mass is 15.0. The number of benzene rings is 8. The molecule has 0 N–H and O–H groups in total. The van der Waals surface area contributed by atoms with Gasteiger partial charge in [0.1, 0.15) is 0 Å². The maximum atomic E-state index is 10.3. The maximum absolute atomic E-state index is 10.3. The minimum atomic E-state index is -0.0989. The molecule has 0 fully saturated rings. The van der Waals surface area contributed by atoms with E-state index in [-0.39, 0.29) is 28.5 Å². The summed E-state index contributed by atoms with van der Waals surface area (Å²) in [6.07, 6.45) is 0. The van der Waals surface area contributed by atoms with Gasteiger partial charge in [-0.15, -0.1) is 0 Å². The van der Waals surface area contributed by atoms with E-state index >= 15 is 0 Å². The Morgan fingerprint density at radius 2 is 1.03 bits per heavy atom. The summed E-state index contributed by atoms with van der Waals surface area (Å²) in [6.45, 7) is 28.0. The molecule has 3 nitrogen and oxygen atoms in total. The molecule has 12 rings (SSSR count). The molecule has 4 heteroatoms. The molecule has 298 valence electrons. The van der Waals surface area contributed by atoms with Gasteiger partial charge in [-0.2, -0.15) is 5.26 Å². The molecule has 0 radical (unpaired) electrons.